The van der Waals surface area contributed by atoms with E-state index >= 15 is 0 Å². The van der Waals surface area contributed by atoms with Crippen molar-refractivity contribution in [1.82, 2.24) is 0 Å². The highest BCUT2D eigenvalue weighted by atomic mass is 16.3. The second-order valence-corrected chi connectivity index (χ2v) is 2.07. The second kappa shape index (κ2) is 9.36. The normalized spacial score (nSPS) is 8.45. The van der Waals surface area contributed by atoms with E-state index < -0.39 is 6.10 Å². The maximum absolute atomic E-state index is 8.17. The zero-order valence-corrected chi connectivity index (χ0v) is 6.82. The molecule has 0 saturated heterocycles. The molecule has 0 aliphatic heterocycles. The molecule has 0 radical (unpaired) electrons. The summed E-state index contributed by atoms with van der Waals surface area (Å²) in [5.74, 6) is 0. The summed E-state index contributed by atoms with van der Waals surface area (Å²) in [6.45, 7) is 8.20. The van der Waals surface area contributed by atoms with Crippen molar-refractivity contribution in [2.75, 3.05) is 13.2 Å². The van der Waals surface area contributed by atoms with Gasteiger partial charge in [-0.05, 0) is 6.92 Å². The molecule has 0 bridgehead atoms. The molecule has 0 aliphatic rings. The van der Waals surface area contributed by atoms with Gasteiger partial charge in [-0.1, -0.05) is 24.8 Å². The number of aliphatic hydroxyl groups excluding tert-OH is 3. The third kappa shape index (κ3) is 17.6. The van der Waals surface area contributed by atoms with Gasteiger partial charge in [0.1, 0.15) is 6.10 Å². The van der Waals surface area contributed by atoms with Gasteiger partial charge in [0.15, 0.2) is 0 Å². The highest BCUT2D eigenvalue weighted by Crippen LogP contribution is 1.81. The fraction of sp³-hybridized carbons (Fsp3) is 0.500. The quantitative estimate of drug-likeness (QED) is 0.512. The molecule has 3 N–H and O–H groups in total. The average molecular weight is 160 g/mol. The fourth-order valence-corrected chi connectivity index (χ4v) is 0.0577. The third-order valence-corrected chi connectivity index (χ3v) is 0.770. The lowest BCUT2D eigenvalue weighted by Gasteiger charge is -1.96. The number of hydrogen-bond acceptors (Lipinski definition) is 3. The maximum atomic E-state index is 8.17. The van der Waals surface area contributed by atoms with Gasteiger partial charge in [-0.25, -0.2) is 0 Å². The van der Waals surface area contributed by atoms with Crippen LogP contribution in [-0.4, -0.2) is 34.6 Å². The molecule has 0 atom stereocenters. The average Bonchev–Trinajstić information content (AvgIpc) is 2.04. The van der Waals surface area contributed by atoms with E-state index in [1.807, 2.05) is 6.92 Å². The molecule has 0 spiro atoms. The Labute approximate surface area is 67.3 Å². The zero-order chi connectivity index (χ0) is 9.28. The summed E-state index contributed by atoms with van der Waals surface area (Å²) >= 11 is 0. The van der Waals surface area contributed by atoms with E-state index in [1.54, 1.807) is 6.08 Å². The van der Waals surface area contributed by atoms with Gasteiger partial charge >= 0.3 is 0 Å². The predicted molar refractivity (Wildman–Crippen MR) is 45.2 cm³/mol. The lowest BCUT2D eigenvalue weighted by Crippen LogP contribution is -2.15. The Balaban J connectivity index is 0. The minimum Gasteiger partial charge on any atom is -0.394 e. The van der Waals surface area contributed by atoms with Crippen LogP contribution in [-0.2, 0) is 0 Å². The highest BCUT2D eigenvalue weighted by Gasteiger charge is 1.93. The van der Waals surface area contributed by atoms with Gasteiger partial charge in [0.2, 0.25) is 0 Å². The van der Waals surface area contributed by atoms with E-state index in [-0.39, 0.29) is 13.2 Å². The first-order valence-corrected chi connectivity index (χ1v) is 3.26. The number of allylic oxidation sites excluding steroid dienone is 2. The van der Waals surface area contributed by atoms with Crippen molar-refractivity contribution >= 4 is 0 Å². The van der Waals surface area contributed by atoms with Crippen molar-refractivity contribution < 1.29 is 15.3 Å². The Hall–Kier alpha value is -0.640. The van der Waals surface area contributed by atoms with E-state index in [0.717, 1.165) is 5.57 Å². The standard InChI is InChI=1S/C5H8.C3H8O3/c1-4-5(2)3;4-1-3(6)2-5/h4H,1-2H2,3H3;3-6H,1-2H2. The zero-order valence-electron chi connectivity index (χ0n) is 6.82. The van der Waals surface area contributed by atoms with Crippen LogP contribution in [0, 0.1) is 0 Å². The monoisotopic (exact) mass is 160 g/mol. The summed E-state index contributed by atoms with van der Waals surface area (Å²) in [5, 5.41) is 24.0. The molecule has 0 rings (SSSR count). The van der Waals surface area contributed by atoms with E-state index in [1.165, 1.54) is 0 Å². The molecule has 0 fully saturated rings. The smallest absolute Gasteiger partial charge is 0.100 e. The summed E-state index contributed by atoms with van der Waals surface area (Å²) in [5.41, 5.74) is 1.02. The topological polar surface area (TPSA) is 60.7 Å². The van der Waals surface area contributed by atoms with Crippen LogP contribution in [0.5, 0.6) is 0 Å². The van der Waals surface area contributed by atoms with Crippen LogP contribution in [0.3, 0.4) is 0 Å². The minimum atomic E-state index is -0.954. The van der Waals surface area contributed by atoms with Crippen LogP contribution < -0.4 is 0 Å². The SMILES string of the molecule is C=CC(=C)C.OCC(O)CO. The van der Waals surface area contributed by atoms with Crippen LogP contribution in [0.1, 0.15) is 6.92 Å². The van der Waals surface area contributed by atoms with Crippen molar-refractivity contribution in [1.29, 1.82) is 0 Å². The van der Waals surface area contributed by atoms with Crippen LogP contribution in [0.15, 0.2) is 24.8 Å². The van der Waals surface area contributed by atoms with E-state index in [0.29, 0.717) is 0 Å². The summed E-state index contributed by atoms with van der Waals surface area (Å²) < 4.78 is 0. The largest absolute Gasteiger partial charge is 0.394 e. The number of aliphatic hydroxyl groups is 3. The summed E-state index contributed by atoms with van der Waals surface area (Å²) in [7, 11) is 0. The molecule has 66 valence electrons. The molecule has 0 unspecified atom stereocenters. The molecule has 3 heteroatoms. The lowest BCUT2D eigenvalue weighted by molar-refractivity contribution is 0.0450. The molecule has 0 aromatic rings. The van der Waals surface area contributed by atoms with Gasteiger partial charge in [0.05, 0.1) is 13.2 Å². The van der Waals surface area contributed by atoms with Crippen molar-refractivity contribution in [3.05, 3.63) is 24.8 Å². The molecule has 0 aliphatic carbocycles. The molecule has 11 heavy (non-hydrogen) atoms. The number of hydrogen-bond donors (Lipinski definition) is 3. The van der Waals surface area contributed by atoms with Crippen LogP contribution in [0.4, 0.5) is 0 Å². The van der Waals surface area contributed by atoms with Gasteiger partial charge in [-0.2, -0.15) is 0 Å². The van der Waals surface area contributed by atoms with Crippen LogP contribution in [0.25, 0.3) is 0 Å². The Bertz CT molecular complexity index is 106. The van der Waals surface area contributed by atoms with Crippen molar-refractivity contribution in [3.63, 3.8) is 0 Å². The minimum absolute atomic E-state index is 0.365. The fourth-order valence-electron chi connectivity index (χ4n) is 0.0577. The van der Waals surface area contributed by atoms with Crippen molar-refractivity contribution in [2.24, 2.45) is 0 Å². The third-order valence-electron chi connectivity index (χ3n) is 0.770. The first-order valence-electron chi connectivity index (χ1n) is 3.26. The second-order valence-electron chi connectivity index (χ2n) is 2.07. The Morgan fingerprint density at radius 3 is 1.73 bits per heavy atom. The van der Waals surface area contributed by atoms with Gasteiger partial charge < -0.3 is 15.3 Å². The van der Waals surface area contributed by atoms with Crippen LogP contribution in [0.2, 0.25) is 0 Å². The molecule has 0 heterocycles. The highest BCUT2D eigenvalue weighted by molar-refractivity contribution is 5.05. The summed E-state index contributed by atoms with van der Waals surface area (Å²) in [4.78, 5) is 0. The molecule has 0 aromatic heterocycles. The van der Waals surface area contributed by atoms with E-state index in [4.69, 9.17) is 15.3 Å². The Morgan fingerprint density at radius 2 is 1.73 bits per heavy atom. The predicted octanol–water partition coefficient (Wildman–Crippen LogP) is 0.0804. The maximum Gasteiger partial charge on any atom is 0.100 e. The molecule has 3 nitrogen and oxygen atoms in total. The molecule has 0 saturated carbocycles. The van der Waals surface area contributed by atoms with E-state index in [9.17, 15) is 0 Å². The van der Waals surface area contributed by atoms with Crippen molar-refractivity contribution in [3.8, 4) is 0 Å². The van der Waals surface area contributed by atoms with Gasteiger partial charge in [-0.15, -0.1) is 0 Å². The molecular weight excluding hydrogens is 144 g/mol. The summed E-state index contributed by atoms with van der Waals surface area (Å²) in [6.07, 6.45) is 0.769. The molecule has 0 aromatic carbocycles. The van der Waals surface area contributed by atoms with Crippen molar-refractivity contribution in [2.45, 2.75) is 13.0 Å². The first kappa shape index (κ1) is 13.0. The summed E-state index contributed by atoms with van der Waals surface area (Å²) in [6, 6.07) is 0. The first-order chi connectivity index (χ1) is 5.08. The van der Waals surface area contributed by atoms with Gasteiger partial charge in [0.25, 0.3) is 0 Å². The van der Waals surface area contributed by atoms with Gasteiger partial charge in [0, 0.05) is 0 Å². The van der Waals surface area contributed by atoms with Crippen LogP contribution >= 0.6 is 0 Å². The van der Waals surface area contributed by atoms with Gasteiger partial charge in [-0.3, -0.25) is 0 Å². The Kier molecular flexibility index (Phi) is 11.1. The lowest BCUT2D eigenvalue weighted by atomic mass is 10.4. The number of rotatable bonds is 3. The molecular formula is C8H16O3. The molecule has 0 amide bonds. The Morgan fingerprint density at radius 1 is 1.45 bits per heavy atom. The van der Waals surface area contributed by atoms with E-state index in [2.05, 4.69) is 13.2 Å².